The molecule has 2 rings (SSSR count). The average molecular weight is 354 g/mol. The first kappa shape index (κ1) is 16.8. The van der Waals surface area contributed by atoms with Crippen LogP contribution in [-0.2, 0) is 6.54 Å². The van der Waals surface area contributed by atoms with Crippen molar-refractivity contribution in [2.75, 3.05) is 6.61 Å². The maximum atomic E-state index is 5.85. The minimum atomic E-state index is 0.672. The molecule has 2 nitrogen and oxygen atoms in total. The van der Waals surface area contributed by atoms with E-state index in [0.717, 1.165) is 35.7 Å². The quantitative estimate of drug-likeness (QED) is 0.718. The summed E-state index contributed by atoms with van der Waals surface area (Å²) in [6, 6.07) is 6.98. The lowest BCUT2D eigenvalue weighted by Gasteiger charge is -2.28. The molecule has 0 unspecified atom stereocenters. The average Bonchev–Trinajstić information content (AvgIpc) is 2.52. The van der Waals surface area contributed by atoms with Gasteiger partial charge in [0.2, 0.25) is 0 Å². The van der Waals surface area contributed by atoms with Crippen LogP contribution >= 0.6 is 15.9 Å². The van der Waals surface area contributed by atoms with Gasteiger partial charge in [-0.15, -0.1) is 0 Å². The molecule has 1 aliphatic rings. The Labute approximate surface area is 137 Å². The summed E-state index contributed by atoms with van der Waals surface area (Å²) in [5.74, 6) is 1.98. The molecule has 118 valence electrons. The Morgan fingerprint density at radius 3 is 2.62 bits per heavy atom. The third-order valence-electron chi connectivity index (χ3n) is 4.49. The molecule has 0 saturated heterocycles. The summed E-state index contributed by atoms with van der Waals surface area (Å²) in [6.07, 6.45) is 7.78. The molecule has 0 radical (unpaired) electrons. The lowest BCUT2D eigenvalue weighted by Crippen LogP contribution is -2.32. The molecule has 0 bridgehead atoms. The Morgan fingerprint density at radius 1 is 1.19 bits per heavy atom. The molecule has 1 saturated carbocycles. The van der Waals surface area contributed by atoms with E-state index in [1.165, 1.54) is 37.7 Å². The van der Waals surface area contributed by atoms with Gasteiger partial charge < -0.3 is 10.1 Å². The minimum absolute atomic E-state index is 0.672. The van der Waals surface area contributed by atoms with Crippen molar-refractivity contribution >= 4 is 15.9 Å². The number of rotatable bonds is 7. The molecule has 1 fully saturated rings. The zero-order chi connectivity index (χ0) is 15.1. The van der Waals surface area contributed by atoms with Crippen molar-refractivity contribution in [3.05, 3.63) is 28.2 Å². The van der Waals surface area contributed by atoms with E-state index < -0.39 is 0 Å². The van der Waals surface area contributed by atoms with Crippen molar-refractivity contribution < 1.29 is 4.74 Å². The Morgan fingerprint density at radius 2 is 1.95 bits per heavy atom. The second kappa shape index (κ2) is 8.79. The SMILES string of the molecule is CCCOc1ccc(Br)cc1CNC1CCC(CC)CC1. The fourth-order valence-corrected chi connectivity index (χ4v) is 3.48. The summed E-state index contributed by atoms with van der Waals surface area (Å²) in [5.41, 5.74) is 1.26. The third-order valence-corrected chi connectivity index (χ3v) is 4.98. The van der Waals surface area contributed by atoms with Crippen LogP contribution in [0.4, 0.5) is 0 Å². The normalized spacial score (nSPS) is 22.2. The van der Waals surface area contributed by atoms with Crippen molar-refractivity contribution in [3.63, 3.8) is 0 Å². The van der Waals surface area contributed by atoms with Gasteiger partial charge >= 0.3 is 0 Å². The standard InChI is InChI=1S/C18H28BrNO/c1-3-11-21-18-10-7-16(19)12-15(18)13-20-17-8-5-14(4-2)6-9-17/h7,10,12,14,17,20H,3-6,8-9,11,13H2,1-2H3. The molecule has 21 heavy (non-hydrogen) atoms. The van der Waals surface area contributed by atoms with E-state index in [0.29, 0.717) is 6.04 Å². The predicted octanol–water partition coefficient (Wildman–Crippen LogP) is 5.30. The highest BCUT2D eigenvalue weighted by Crippen LogP contribution is 2.28. The number of ether oxygens (including phenoxy) is 1. The number of hydrogen-bond acceptors (Lipinski definition) is 2. The summed E-state index contributed by atoms with van der Waals surface area (Å²) >= 11 is 3.56. The molecule has 1 N–H and O–H groups in total. The topological polar surface area (TPSA) is 21.3 Å². The van der Waals surface area contributed by atoms with E-state index in [1.807, 2.05) is 0 Å². The second-order valence-corrected chi connectivity index (χ2v) is 7.02. The van der Waals surface area contributed by atoms with E-state index in [9.17, 15) is 0 Å². The molecule has 0 spiro atoms. The first-order valence-electron chi connectivity index (χ1n) is 8.37. The molecule has 3 heteroatoms. The van der Waals surface area contributed by atoms with Crippen LogP contribution < -0.4 is 10.1 Å². The van der Waals surface area contributed by atoms with Crippen LogP contribution in [-0.4, -0.2) is 12.6 Å². The van der Waals surface area contributed by atoms with Gasteiger partial charge in [0.05, 0.1) is 6.61 Å². The molecule has 0 atom stereocenters. The molecular weight excluding hydrogens is 326 g/mol. The fourth-order valence-electron chi connectivity index (χ4n) is 3.07. The number of halogens is 1. The highest BCUT2D eigenvalue weighted by atomic mass is 79.9. The molecule has 0 heterocycles. The zero-order valence-electron chi connectivity index (χ0n) is 13.3. The highest BCUT2D eigenvalue weighted by Gasteiger charge is 2.19. The summed E-state index contributed by atoms with van der Waals surface area (Å²) in [4.78, 5) is 0. The Kier molecular flexibility index (Phi) is 7.05. The second-order valence-electron chi connectivity index (χ2n) is 6.11. The van der Waals surface area contributed by atoms with Crippen molar-refractivity contribution in [1.82, 2.24) is 5.32 Å². The van der Waals surface area contributed by atoms with Gasteiger partial charge in [0.15, 0.2) is 0 Å². The van der Waals surface area contributed by atoms with Gasteiger partial charge in [-0.1, -0.05) is 36.2 Å². The van der Waals surface area contributed by atoms with Gasteiger partial charge in [-0.3, -0.25) is 0 Å². The summed E-state index contributed by atoms with van der Waals surface area (Å²) in [6.45, 7) is 6.15. The van der Waals surface area contributed by atoms with E-state index in [2.05, 4.69) is 53.3 Å². The van der Waals surface area contributed by atoms with Crippen molar-refractivity contribution in [1.29, 1.82) is 0 Å². The van der Waals surface area contributed by atoms with Gasteiger partial charge in [-0.2, -0.15) is 0 Å². The predicted molar refractivity (Wildman–Crippen MR) is 92.8 cm³/mol. The number of benzene rings is 1. The lowest BCUT2D eigenvalue weighted by molar-refractivity contribution is 0.281. The molecule has 0 amide bonds. The van der Waals surface area contributed by atoms with Crippen LogP contribution in [0, 0.1) is 5.92 Å². The molecule has 0 aromatic heterocycles. The Bertz CT molecular complexity index is 427. The maximum absolute atomic E-state index is 5.85. The maximum Gasteiger partial charge on any atom is 0.123 e. The van der Waals surface area contributed by atoms with Gasteiger partial charge in [-0.25, -0.2) is 0 Å². The lowest BCUT2D eigenvalue weighted by atomic mass is 9.84. The van der Waals surface area contributed by atoms with Gasteiger partial charge in [0.1, 0.15) is 5.75 Å². The molecule has 1 aliphatic carbocycles. The van der Waals surface area contributed by atoms with Crippen LogP contribution in [0.15, 0.2) is 22.7 Å². The molecule has 1 aromatic rings. The largest absolute Gasteiger partial charge is 0.493 e. The molecule has 1 aromatic carbocycles. The van der Waals surface area contributed by atoms with E-state index in [-0.39, 0.29) is 0 Å². The van der Waals surface area contributed by atoms with E-state index in [1.54, 1.807) is 0 Å². The highest BCUT2D eigenvalue weighted by molar-refractivity contribution is 9.10. The van der Waals surface area contributed by atoms with Crippen molar-refractivity contribution in [2.45, 2.75) is 65.0 Å². The van der Waals surface area contributed by atoms with Crippen molar-refractivity contribution in [3.8, 4) is 5.75 Å². The monoisotopic (exact) mass is 353 g/mol. The van der Waals surface area contributed by atoms with Gasteiger partial charge in [-0.05, 0) is 56.2 Å². The van der Waals surface area contributed by atoms with Crippen LogP contribution in [0.25, 0.3) is 0 Å². The Balaban J connectivity index is 1.88. The minimum Gasteiger partial charge on any atom is -0.493 e. The zero-order valence-corrected chi connectivity index (χ0v) is 14.9. The van der Waals surface area contributed by atoms with Gasteiger partial charge in [0, 0.05) is 22.6 Å². The summed E-state index contributed by atoms with van der Waals surface area (Å²) in [5, 5.41) is 3.73. The van der Waals surface area contributed by atoms with Crippen LogP contribution in [0.3, 0.4) is 0 Å². The first-order valence-corrected chi connectivity index (χ1v) is 9.16. The van der Waals surface area contributed by atoms with Crippen LogP contribution in [0.1, 0.15) is 57.9 Å². The first-order chi connectivity index (χ1) is 10.2. The Hall–Kier alpha value is -0.540. The fraction of sp³-hybridized carbons (Fsp3) is 0.667. The van der Waals surface area contributed by atoms with Crippen LogP contribution in [0.5, 0.6) is 5.75 Å². The number of hydrogen-bond donors (Lipinski definition) is 1. The molecular formula is C18H28BrNO. The smallest absolute Gasteiger partial charge is 0.123 e. The third kappa shape index (κ3) is 5.30. The molecule has 0 aliphatic heterocycles. The summed E-state index contributed by atoms with van der Waals surface area (Å²) < 4.78 is 6.98. The van der Waals surface area contributed by atoms with E-state index in [4.69, 9.17) is 4.74 Å². The van der Waals surface area contributed by atoms with Crippen LogP contribution in [0.2, 0.25) is 0 Å². The van der Waals surface area contributed by atoms with E-state index >= 15 is 0 Å². The van der Waals surface area contributed by atoms with Gasteiger partial charge in [0.25, 0.3) is 0 Å². The summed E-state index contributed by atoms with van der Waals surface area (Å²) in [7, 11) is 0. The van der Waals surface area contributed by atoms with Crippen molar-refractivity contribution in [2.24, 2.45) is 5.92 Å². The number of nitrogens with one attached hydrogen (secondary N) is 1.